The highest BCUT2D eigenvalue weighted by Gasteiger charge is 2.50. The van der Waals surface area contributed by atoms with Crippen LogP contribution in [0.5, 0.6) is 0 Å². The minimum absolute atomic E-state index is 0.132. The molecule has 2 aliphatic carbocycles. The molecule has 1 aliphatic heterocycles. The first kappa shape index (κ1) is 22.8. The second kappa shape index (κ2) is 8.33. The van der Waals surface area contributed by atoms with Crippen molar-refractivity contribution in [3.63, 3.8) is 0 Å². The number of carbonyl (C=O) groups is 2. The van der Waals surface area contributed by atoms with Crippen LogP contribution in [-0.2, 0) is 15.9 Å². The molecule has 3 atom stereocenters. The number of rotatable bonds is 4. The molecule has 2 fully saturated rings. The van der Waals surface area contributed by atoms with Crippen molar-refractivity contribution >= 4 is 12.0 Å². The Morgan fingerprint density at radius 3 is 2.82 bits per heavy atom. The number of nitrogens with zero attached hydrogens (tertiary/aromatic N) is 3. The second-order valence-corrected chi connectivity index (χ2v) is 10.2. The topological polar surface area (TPSA) is 85.7 Å². The molecule has 8 nitrogen and oxygen atoms in total. The molecular weight excluding hydrogens is 446 g/mol. The number of halogens is 2. The normalized spacial score (nSPS) is 23.3. The van der Waals surface area contributed by atoms with Crippen molar-refractivity contribution in [2.45, 2.75) is 51.2 Å². The summed E-state index contributed by atoms with van der Waals surface area (Å²) in [6.45, 7) is 6.68. The van der Waals surface area contributed by atoms with Crippen LogP contribution >= 0.6 is 0 Å². The molecule has 1 saturated heterocycles. The summed E-state index contributed by atoms with van der Waals surface area (Å²) in [4.78, 5) is 27.0. The minimum atomic E-state index is -0.723. The molecule has 0 spiro atoms. The first-order valence-corrected chi connectivity index (χ1v) is 11.6. The highest BCUT2D eigenvalue weighted by atomic mass is 19.1. The van der Waals surface area contributed by atoms with E-state index in [2.05, 4.69) is 10.4 Å². The van der Waals surface area contributed by atoms with Crippen molar-refractivity contribution in [1.29, 1.82) is 0 Å². The zero-order valence-electron chi connectivity index (χ0n) is 19.4. The molecule has 2 aromatic rings. The van der Waals surface area contributed by atoms with Crippen LogP contribution in [0, 0.1) is 17.6 Å². The molecular formula is C24H28F2N4O4. The Hall–Kier alpha value is -3.01. The van der Waals surface area contributed by atoms with E-state index in [1.807, 2.05) is 20.8 Å². The summed E-state index contributed by atoms with van der Waals surface area (Å²) in [7, 11) is 0. The summed E-state index contributed by atoms with van der Waals surface area (Å²) < 4.78 is 40.5. The molecule has 182 valence electrons. The van der Waals surface area contributed by atoms with E-state index >= 15 is 0 Å². The van der Waals surface area contributed by atoms with Crippen LogP contribution in [0.4, 0.5) is 13.6 Å². The number of hydrogen-bond donors (Lipinski definition) is 1. The number of aromatic nitrogens is 2. The number of carbonyl (C=O) groups excluding carboxylic acids is 2. The van der Waals surface area contributed by atoms with Gasteiger partial charge in [-0.2, -0.15) is 5.10 Å². The van der Waals surface area contributed by atoms with E-state index in [9.17, 15) is 18.4 Å². The van der Waals surface area contributed by atoms with Crippen LogP contribution in [0.2, 0.25) is 0 Å². The van der Waals surface area contributed by atoms with Gasteiger partial charge in [0.05, 0.1) is 24.9 Å². The van der Waals surface area contributed by atoms with E-state index in [1.165, 1.54) is 16.8 Å². The van der Waals surface area contributed by atoms with E-state index in [1.54, 1.807) is 4.90 Å². The molecule has 0 radical (unpaired) electrons. The summed E-state index contributed by atoms with van der Waals surface area (Å²) in [6, 6.07) is 3.35. The number of ether oxygens (including phenoxy) is 2. The van der Waals surface area contributed by atoms with E-state index in [0.29, 0.717) is 25.6 Å². The lowest BCUT2D eigenvalue weighted by Crippen LogP contribution is -2.50. The van der Waals surface area contributed by atoms with Crippen LogP contribution in [0.15, 0.2) is 18.2 Å². The molecule has 10 heteroatoms. The quantitative estimate of drug-likeness (QED) is 0.736. The Bertz CT molecular complexity index is 1140. The average Bonchev–Trinajstić information content (AvgIpc) is 3.27. The number of fused-ring (bicyclic) bond motifs is 3. The monoisotopic (exact) mass is 474 g/mol. The molecule has 1 aromatic carbocycles. The number of hydrogen-bond acceptors (Lipinski definition) is 5. The fourth-order valence-electron chi connectivity index (χ4n) is 4.76. The molecule has 0 bridgehead atoms. The second-order valence-electron chi connectivity index (χ2n) is 10.2. The summed E-state index contributed by atoms with van der Waals surface area (Å²) in [5.41, 5.74) is 1.45. The largest absolute Gasteiger partial charge is 0.444 e. The maximum atomic E-state index is 14.5. The number of amides is 2. The highest BCUT2D eigenvalue weighted by Crippen LogP contribution is 2.57. The first-order valence-electron chi connectivity index (χ1n) is 11.6. The molecule has 34 heavy (non-hydrogen) atoms. The van der Waals surface area contributed by atoms with Crippen molar-refractivity contribution in [2.75, 3.05) is 26.2 Å². The fraction of sp³-hybridized carbons (Fsp3) is 0.542. The predicted molar refractivity (Wildman–Crippen MR) is 118 cm³/mol. The van der Waals surface area contributed by atoms with Crippen LogP contribution in [0.3, 0.4) is 0 Å². The highest BCUT2D eigenvalue weighted by molar-refractivity contribution is 5.94. The number of morpholine rings is 1. The SMILES string of the molecule is CC(C)(C)OC(=O)N1CCOC(CNC(=O)c2nn(-c3ccc(F)cc3F)c3c2C[C@@H]2C[C@H]32)C1. The number of nitrogens with one attached hydrogen (secondary N) is 1. The van der Waals surface area contributed by atoms with Gasteiger partial charge < -0.3 is 19.7 Å². The van der Waals surface area contributed by atoms with Gasteiger partial charge in [0, 0.05) is 30.6 Å². The van der Waals surface area contributed by atoms with Gasteiger partial charge in [-0.15, -0.1) is 0 Å². The molecule has 2 amide bonds. The Labute approximate surface area is 196 Å². The Balaban J connectivity index is 1.29. The van der Waals surface area contributed by atoms with Gasteiger partial charge >= 0.3 is 6.09 Å². The van der Waals surface area contributed by atoms with Gasteiger partial charge in [0.15, 0.2) is 11.5 Å². The van der Waals surface area contributed by atoms with Gasteiger partial charge in [0.1, 0.15) is 17.1 Å². The lowest BCUT2D eigenvalue weighted by atomic mass is 10.1. The zero-order valence-corrected chi connectivity index (χ0v) is 19.4. The summed E-state index contributed by atoms with van der Waals surface area (Å²) >= 11 is 0. The minimum Gasteiger partial charge on any atom is -0.444 e. The van der Waals surface area contributed by atoms with E-state index in [0.717, 1.165) is 30.2 Å². The fourth-order valence-corrected chi connectivity index (χ4v) is 4.76. The van der Waals surface area contributed by atoms with Crippen LogP contribution < -0.4 is 5.32 Å². The van der Waals surface area contributed by atoms with Gasteiger partial charge in [-0.1, -0.05) is 0 Å². The third-order valence-electron chi connectivity index (χ3n) is 6.40. The standard InChI is InChI=1S/C24H28F2N4O4/c1-24(2,3)34-23(32)29-6-7-33-15(12-29)11-27-22(31)20-17-9-13-8-16(13)21(17)30(28-20)19-5-4-14(25)10-18(19)26/h4-5,10,13,15-16H,6-9,11-12H2,1-3H3,(H,27,31)/t13-,15?,16-/m0/s1. The maximum absolute atomic E-state index is 14.5. The van der Waals surface area contributed by atoms with Gasteiger partial charge in [-0.05, 0) is 51.7 Å². The van der Waals surface area contributed by atoms with E-state index in [4.69, 9.17) is 9.47 Å². The molecule has 1 unspecified atom stereocenters. The summed E-state index contributed by atoms with van der Waals surface area (Å²) in [5.74, 6) is -1.08. The van der Waals surface area contributed by atoms with Crippen molar-refractivity contribution < 1.29 is 27.8 Å². The maximum Gasteiger partial charge on any atom is 0.410 e. The van der Waals surface area contributed by atoms with Crippen molar-refractivity contribution in [2.24, 2.45) is 5.92 Å². The Kier molecular flexibility index (Phi) is 5.58. The van der Waals surface area contributed by atoms with Crippen molar-refractivity contribution in [3.8, 4) is 5.69 Å². The third-order valence-corrected chi connectivity index (χ3v) is 6.40. The van der Waals surface area contributed by atoms with E-state index < -0.39 is 23.3 Å². The Morgan fingerprint density at radius 2 is 2.09 bits per heavy atom. The average molecular weight is 475 g/mol. The van der Waals surface area contributed by atoms with E-state index in [-0.39, 0.29) is 35.9 Å². The number of benzene rings is 1. The van der Waals surface area contributed by atoms with Gasteiger partial charge in [-0.25, -0.2) is 18.3 Å². The lowest BCUT2D eigenvalue weighted by Gasteiger charge is -2.34. The smallest absolute Gasteiger partial charge is 0.410 e. The molecule has 1 aromatic heterocycles. The first-order chi connectivity index (χ1) is 16.1. The van der Waals surface area contributed by atoms with Crippen LogP contribution in [0.1, 0.15) is 54.9 Å². The molecule has 3 aliphatic rings. The molecule has 1 saturated carbocycles. The zero-order chi connectivity index (χ0) is 24.2. The van der Waals surface area contributed by atoms with Gasteiger partial charge in [-0.3, -0.25) is 4.79 Å². The molecule has 5 rings (SSSR count). The third kappa shape index (κ3) is 4.38. The molecule has 2 heterocycles. The van der Waals surface area contributed by atoms with Gasteiger partial charge in [0.2, 0.25) is 0 Å². The van der Waals surface area contributed by atoms with Crippen molar-refractivity contribution in [1.82, 2.24) is 20.0 Å². The van der Waals surface area contributed by atoms with Crippen LogP contribution in [-0.4, -0.2) is 64.6 Å². The molecule has 1 N–H and O–H groups in total. The van der Waals surface area contributed by atoms with Gasteiger partial charge in [0.25, 0.3) is 5.91 Å². The summed E-state index contributed by atoms with van der Waals surface area (Å²) in [6.07, 6.45) is 0.907. The lowest BCUT2D eigenvalue weighted by molar-refractivity contribution is -0.0404. The van der Waals surface area contributed by atoms with Crippen molar-refractivity contribution in [3.05, 3.63) is 46.8 Å². The predicted octanol–water partition coefficient (Wildman–Crippen LogP) is 3.18. The summed E-state index contributed by atoms with van der Waals surface area (Å²) in [5, 5.41) is 7.29. The Morgan fingerprint density at radius 1 is 1.29 bits per heavy atom. The van der Waals surface area contributed by atoms with Crippen LogP contribution in [0.25, 0.3) is 5.69 Å².